The maximum Gasteiger partial charge on any atom is 0.240 e. The van der Waals surface area contributed by atoms with E-state index in [1.165, 1.54) is 12.1 Å². The molecular weight excluding hydrogens is 322 g/mol. The van der Waals surface area contributed by atoms with Gasteiger partial charge in [0.15, 0.2) is 0 Å². The molecule has 0 aliphatic heterocycles. The van der Waals surface area contributed by atoms with Crippen molar-refractivity contribution in [2.45, 2.75) is 11.3 Å². The van der Waals surface area contributed by atoms with Crippen LogP contribution in [0.5, 0.6) is 0 Å². The smallest absolute Gasteiger partial charge is 0.240 e. The highest BCUT2D eigenvalue weighted by Gasteiger charge is 2.14. The number of benzene rings is 2. The second-order valence-corrected chi connectivity index (χ2v) is 7.05. The molecule has 3 aromatic rings. The first-order valence-electron chi connectivity index (χ1n) is 7.42. The summed E-state index contributed by atoms with van der Waals surface area (Å²) < 4.78 is 27.2. The Morgan fingerprint density at radius 2 is 1.88 bits per heavy atom. The quantitative estimate of drug-likeness (QED) is 0.776. The number of para-hydroxylation sites is 1. The molecule has 3 rings (SSSR count). The van der Waals surface area contributed by atoms with Crippen LogP contribution in [-0.2, 0) is 16.4 Å². The molecule has 6 heteroatoms. The molecule has 0 saturated heterocycles. The van der Waals surface area contributed by atoms with Gasteiger partial charge >= 0.3 is 0 Å². The van der Waals surface area contributed by atoms with Gasteiger partial charge in [-0.1, -0.05) is 30.3 Å². The van der Waals surface area contributed by atoms with Gasteiger partial charge in [-0.25, -0.2) is 13.1 Å². The zero-order valence-electron chi connectivity index (χ0n) is 12.8. The topological polar surface area (TPSA) is 82.8 Å². The fourth-order valence-electron chi connectivity index (χ4n) is 2.51. The Morgan fingerprint density at radius 1 is 1.08 bits per heavy atom. The minimum atomic E-state index is -3.64. The van der Waals surface area contributed by atoms with Crippen molar-refractivity contribution in [3.05, 3.63) is 71.9 Å². The van der Waals surface area contributed by atoms with Crippen LogP contribution >= 0.6 is 0 Å². The van der Waals surface area contributed by atoms with Crippen molar-refractivity contribution in [1.29, 1.82) is 5.26 Å². The van der Waals surface area contributed by atoms with E-state index >= 15 is 0 Å². The molecule has 0 aliphatic rings. The van der Waals surface area contributed by atoms with Crippen molar-refractivity contribution in [1.82, 2.24) is 9.71 Å². The highest BCUT2D eigenvalue weighted by molar-refractivity contribution is 7.89. The molecule has 5 nitrogen and oxygen atoms in total. The van der Waals surface area contributed by atoms with Crippen molar-refractivity contribution < 1.29 is 8.42 Å². The van der Waals surface area contributed by atoms with Gasteiger partial charge in [-0.05, 0) is 36.2 Å². The van der Waals surface area contributed by atoms with Gasteiger partial charge in [0.2, 0.25) is 10.0 Å². The summed E-state index contributed by atoms with van der Waals surface area (Å²) in [6.07, 6.45) is 2.26. The number of hydrogen-bond acceptors (Lipinski definition) is 4. The average Bonchev–Trinajstić information content (AvgIpc) is 2.62. The van der Waals surface area contributed by atoms with E-state index in [1.807, 2.05) is 36.4 Å². The van der Waals surface area contributed by atoms with Gasteiger partial charge in [-0.2, -0.15) is 5.26 Å². The largest absolute Gasteiger partial charge is 0.256 e. The zero-order valence-corrected chi connectivity index (χ0v) is 13.6. The van der Waals surface area contributed by atoms with E-state index in [2.05, 4.69) is 9.71 Å². The van der Waals surface area contributed by atoms with E-state index < -0.39 is 10.0 Å². The van der Waals surface area contributed by atoms with Crippen LogP contribution in [0.4, 0.5) is 0 Å². The molecule has 2 aromatic carbocycles. The number of fused-ring (bicyclic) bond motifs is 1. The van der Waals surface area contributed by atoms with Gasteiger partial charge in [-0.3, -0.25) is 4.98 Å². The Morgan fingerprint density at radius 3 is 2.71 bits per heavy atom. The van der Waals surface area contributed by atoms with Crippen molar-refractivity contribution in [3.8, 4) is 6.07 Å². The predicted molar refractivity (Wildman–Crippen MR) is 91.8 cm³/mol. The number of rotatable bonds is 5. The lowest BCUT2D eigenvalue weighted by Crippen LogP contribution is -2.26. The van der Waals surface area contributed by atoms with Crippen molar-refractivity contribution in [3.63, 3.8) is 0 Å². The molecule has 0 saturated carbocycles. The third-order valence-electron chi connectivity index (χ3n) is 3.68. The van der Waals surface area contributed by atoms with E-state index in [0.717, 1.165) is 16.5 Å². The zero-order chi connectivity index (χ0) is 17.0. The lowest BCUT2D eigenvalue weighted by molar-refractivity contribution is 0.581. The van der Waals surface area contributed by atoms with Gasteiger partial charge in [0.1, 0.15) is 0 Å². The molecule has 1 N–H and O–H groups in total. The second kappa shape index (κ2) is 6.79. The van der Waals surface area contributed by atoms with Crippen molar-refractivity contribution in [2.24, 2.45) is 0 Å². The standard InChI is InChI=1S/C18H15N3O2S/c19-13-14-4-1-8-17(12-14)24(22,23)21-11-9-16-6-2-5-15-7-3-10-20-18(15)16/h1-8,10,12,21H,9,11H2. The molecule has 24 heavy (non-hydrogen) atoms. The Bertz CT molecular complexity index is 1020. The molecule has 0 spiro atoms. The van der Waals surface area contributed by atoms with Crippen LogP contribution in [0, 0.1) is 11.3 Å². The van der Waals surface area contributed by atoms with E-state index in [-0.39, 0.29) is 11.4 Å². The lowest BCUT2D eigenvalue weighted by Gasteiger charge is -2.08. The van der Waals surface area contributed by atoms with Crippen molar-refractivity contribution >= 4 is 20.9 Å². The Hall–Kier alpha value is -2.75. The van der Waals surface area contributed by atoms with E-state index in [9.17, 15) is 8.42 Å². The van der Waals surface area contributed by atoms with Crippen LogP contribution in [0.15, 0.2) is 65.7 Å². The van der Waals surface area contributed by atoms with Crippen molar-refractivity contribution in [2.75, 3.05) is 6.54 Å². The van der Waals surface area contributed by atoms with Gasteiger partial charge < -0.3 is 0 Å². The highest BCUT2D eigenvalue weighted by Crippen LogP contribution is 2.16. The van der Waals surface area contributed by atoms with E-state index in [4.69, 9.17) is 5.26 Å². The number of nitrogens with zero attached hydrogens (tertiary/aromatic N) is 2. The number of sulfonamides is 1. The molecule has 0 atom stereocenters. The first-order valence-corrected chi connectivity index (χ1v) is 8.91. The molecule has 0 fully saturated rings. The summed E-state index contributed by atoms with van der Waals surface area (Å²) in [5.41, 5.74) is 2.18. The molecule has 0 bridgehead atoms. The number of nitriles is 1. The fourth-order valence-corrected chi connectivity index (χ4v) is 3.58. The number of aromatic nitrogens is 1. The summed E-state index contributed by atoms with van der Waals surface area (Å²) in [5, 5.41) is 9.91. The van der Waals surface area contributed by atoms with E-state index in [0.29, 0.717) is 12.0 Å². The summed E-state index contributed by atoms with van der Waals surface area (Å²) in [4.78, 5) is 4.46. The average molecular weight is 337 g/mol. The summed E-state index contributed by atoms with van der Waals surface area (Å²) in [6.45, 7) is 0.259. The minimum absolute atomic E-state index is 0.0950. The molecule has 120 valence electrons. The Balaban J connectivity index is 1.74. The molecule has 0 unspecified atom stereocenters. The SMILES string of the molecule is N#Cc1cccc(S(=O)(=O)NCCc2cccc3cccnc23)c1. The first kappa shape index (κ1) is 16.1. The Kier molecular flexibility index (Phi) is 4.56. The number of nitrogens with one attached hydrogen (secondary N) is 1. The molecule has 0 amide bonds. The molecule has 1 heterocycles. The molecule has 0 aliphatic carbocycles. The molecule has 0 radical (unpaired) electrons. The maximum atomic E-state index is 12.3. The molecule has 1 aromatic heterocycles. The number of hydrogen-bond donors (Lipinski definition) is 1. The monoisotopic (exact) mass is 337 g/mol. The number of pyridine rings is 1. The van der Waals surface area contributed by atoms with Crippen LogP contribution in [0.1, 0.15) is 11.1 Å². The van der Waals surface area contributed by atoms with Crippen LogP contribution in [0.3, 0.4) is 0 Å². The van der Waals surface area contributed by atoms with Crippen LogP contribution in [-0.4, -0.2) is 19.9 Å². The normalized spacial score (nSPS) is 11.3. The highest BCUT2D eigenvalue weighted by atomic mass is 32.2. The van der Waals surface area contributed by atoms with Gasteiger partial charge in [0.25, 0.3) is 0 Å². The third kappa shape index (κ3) is 3.43. The summed E-state index contributed by atoms with van der Waals surface area (Å²) >= 11 is 0. The summed E-state index contributed by atoms with van der Waals surface area (Å²) in [7, 11) is -3.64. The second-order valence-electron chi connectivity index (χ2n) is 5.28. The van der Waals surface area contributed by atoms with Crippen LogP contribution in [0.2, 0.25) is 0 Å². The maximum absolute atomic E-state index is 12.3. The minimum Gasteiger partial charge on any atom is -0.256 e. The van der Waals surface area contributed by atoms with Crippen LogP contribution in [0.25, 0.3) is 10.9 Å². The fraction of sp³-hybridized carbons (Fsp3) is 0.111. The summed E-state index contributed by atoms with van der Waals surface area (Å²) in [5.74, 6) is 0. The lowest BCUT2D eigenvalue weighted by atomic mass is 10.1. The van der Waals surface area contributed by atoms with E-state index in [1.54, 1.807) is 18.3 Å². The Labute approximate surface area is 140 Å². The van der Waals surface area contributed by atoms with Crippen LogP contribution < -0.4 is 4.72 Å². The molecular formula is C18H15N3O2S. The first-order chi connectivity index (χ1) is 11.6. The van der Waals surface area contributed by atoms with Gasteiger partial charge in [-0.15, -0.1) is 0 Å². The van der Waals surface area contributed by atoms with Gasteiger partial charge in [0.05, 0.1) is 22.0 Å². The van der Waals surface area contributed by atoms with Gasteiger partial charge in [0, 0.05) is 18.1 Å². The third-order valence-corrected chi connectivity index (χ3v) is 5.13. The summed E-state index contributed by atoms with van der Waals surface area (Å²) in [6, 6.07) is 17.6. The predicted octanol–water partition coefficient (Wildman–Crippen LogP) is 2.63.